The van der Waals surface area contributed by atoms with E-state index in [9.17, 15) is 0 Å². The molecule has 80 valence electrons. The first kappa shape index (κ1) is 9.71. The van der Waals surface area contributed by atoms with Gasteiger partial charge in [0.25, 0.3) is 0 Å². The van der Waals surface area contributed by atoms with Crippen LogP contribution < -0.4 is 0 Å². The van der Waals surface area contributed by atoms with Crippen LogP contribution >= 0.6 is 11.8 Å². The van der Waals surface area contributed by atoms with E-state index >= 15 is 0 Å². The number of hydrogen-bond donors (Lipinski definition) is 0. The fourth-order valence-electron chi connectivity index (χ4n) is 2.64. The van der Waals surface area contributed by atoms with Crippen LogP contribution in [-0.2, 0) is 12.8 Å². The van der Waals surface area contributed by atoms with E-state index in [1.807, 2.05) is 11.8 Å². The van der Waals surface area contributed by atoms with Gasteiger partial charge in [-0.1, -0.05) is 18.9 Å². The highest BCUT2D eigenvalue weighted by Crippen LogP contribution is 2.34. The van der Waals surface area contributed by atoms with Crippen molar-refractivity contribution >= 4 is 11.8 Å². The molecule has 15 heavy (non-hydrogen) atoms. The zero-order valence-electron chi connectivity index (χ0n) is 9.04. The van der Waals surface area contributed by atoms with Crippen LogP contribution in [0.1, 0.15) is 43.4 Å². The van der Waals surface area contributed by atoms with E-state index in [2.05, 4.69) is 12.1 Å². The second kappa shape index (κ2) is 4.17. The van der Waals surface area contributed by atoms with Gasteiger partial charge in [0.1, 0.15) is 0 Å². The van der Waals surface area contributed by atoms with Crippen LogP contribution in [0.3, 0.4) is 0 Å². The third kappa shape index (κ3) is 2.05. The quantitative estimate of drug-likeness (QED) is 0.753. The fourth-order valence-corrected chi connectivity index (χ4v) is 3.86. The SMILES string of the molecule is c1cc2c(nc1SC1CCCC1)CCC2. The summed E-state index contributed by atoms with van der Waals surface area (Å²) in [5, 5.41) is 2.11. The van der Waals surface area contributed by atoms with Crippen molar-refractivity contribution in [1.29, 1.82) is 0 Å². The van der Waals surface area contributed by atoms with Gasteiger partial charge in [0.05, 0.1) is 5.03 Å². The number of hydrogen-bond acceptors (Lipinski definition) is 2. The lowest BCUT2D eigenvalue weighted by molar-refractivity contribution is 0.883. The summed E-state index contributed by atoms with van der Waals surface area (Å²) in [4.78, 5) is 4.78. The maximum absolute atomic E-state index is 4.78. The van der Waals surface area contributed by atoms with Crippen molar-refractivity contribution in [2.75, 3.05) is 0 Å². The Morgan fingerprint density at radius 1 is 1.07 bits per heavy atom. The van der Waals surface area contributed by atoms with Gasteiger partial charge in [-0.05, 0) is 43.7 Å². The summed E-state index contributed by atoms with van der Waals surface area (Å²) in [5.74, 6) is 0. The Bertz CT molecular complexity index is 356. The molecule has 1 saturated carbocycles. The normalized spacial score (nSPS) is 20.8. The van der Waals surface area contributed by atoms with E-state index in [1.54, 1.807) is 0 Å². The molecule has 0 bridgehead atoms. The van der Waals surface area contributed by atoms with Gasteiger partial charge >= 0.3 is 0 Å². The number of pyridine rings is 1. The molecule has 1 nitrogen and oxygen atoms in total. The summed E-state index contributed by atoms with van der Waals surface area (Å²) < 4.78 is 0. The second-order valence-corrected chi connectivity index (χ2v) is 5.95. The van der Waals surface area contributed by atoms with Gasteiger partial charge in [-0.2, -0.15) is 0 Å². The van der Waals surface area contributed by atoms with Crippen molar-refractivity contribution in [3.05, 3.63) is 23.4 Å². The maximum Gasteiger partial charge on any atom is 0.0966 e. The van der Waals surface area contributed by atoms with Crippen LogP contribution in [0.4, 0.5) is 0 Å². The van der Waals surface area contributed by atoms with Crippen LogP contribution in [-0.4, -0.2) is 10.2 Å². The van der Waals surface area contributed by atoms with Crippen molar-refractivity contribution in [3.63, 3.8) is 0 Å². The first-order valence-electron chi connectivity index (χ1n) is 6.07. The van der Waals surface area contributed by atoms with Crippen LogP contribution in [0.2, 0.25) is 0 Å². The molecule has 0 unspecified atom stereocenters. The number of aryl methyl sites for hydroxylation is 2. The molecule has 2 heteroatoms. The van der Waals surface area contributed by atoms with Gasteiger partial charge in [0, 0.05) is 10.9 Å². The van der Waals surface area contributed by atoms with E-state index in [0.717, 1.165) is 5.25 Å². The zero-order valence-corrected chi connectivity index (χ0v) is 9.85. The number of nitrogens with zero attached hydrogens (tertiary/aromatic N) is 1. The van der Waals surface area contributed by atoms with E-state index in [4.69, 9.17) is 4.98 Å². The molecule has 0 aromatic carbocycles. The topological polar surface area (TPSA) is 12.9 Å². The number of aromatic nitrogens is 1. The Labute approximate surface area is 95.7 Å². The van der Waals surface area contributed by atoms with Gasteiger partial charge in [-0.15, -0.1) is 11.8 Å². The molecule has 0 spiro atoms. The summed E-state index contributed by atoms with van der Waals surface area (Å²) in [7, 11) is 0. The highest BCUT2D eigenvalue weighted by atomic mass is 32.2. The van der Waals surface area contributed by atoms with E-state index < -0.39 is 0 Å². The summed E-state index contributed by atoms with van der Waals surface area (Å²) in [6, 6.07) is 4.53. The lowest BCUT2D eigenvalue weighted by Gasteiger charge is -2.08. The minimum absolute atomic E-state index is 0.844. The monoisotopic (exact) mass is 219 g/mol. The molecule has 2 aliphatic rings. The van der Waals surface area contributed by atoms with Crippen molar-refractivity contribution < 1.29 is 0 Å². The van der Waals surface area contributed by atoms with Gasteiger partial charge in [0.15, 0.2) is 0 Å². The Balaban J connectivity index is 1.75. The molecule has 0 atom stereocenters. The number of thioether (sulfide) groups is 1. The first-order chi connectivity index (χ1) is 7.42. The Kier molecular flexibility index (Phi) is 2.70. The lowest BCUT2D eigenvalue weighted by atomic mass is 10.2. The molecule has 1 aromatic heterocycles. The smallest absolute Gasteiger partial charge is 0.0966 e. The van der Waals surface area contributed by atoms with Crippen LogP contribution in [0.15, 0.2) is 17.2 Å². The van der Waals surface area contributed by atoms with Crippen LogP contribution in [0.25, 0.3) is 0 Å². The van der Waals surface area contributed by atoms with Gasteiger partial charge < -0.3 is 0 Å². The molecular formula is C13H17NS. The number of rotatable bonds is 2. The molecule has 2 aliphatic carbocycles. The molecule has 0 aliphatic heterocycles. The standard InChI is InChI=1S/C13H17NS/c1-2-6-11(5-1)15-13-9-8-10-4-3-7-12(10)14-13/h8-9,11H,1-7H2. The highest BCUT2D eigenvalue weighted by molar-refractivity contribution is 7.99. The molecule has 0 radical (unpaired) electrons. The van der Waals surface area contributed by atoms with Gasteiger partial charge in [-0.25, -0.2) is 4.98 Å². The first-order valence-corrected chi connectivity index (χ1v) is 6.95. The fraction of sp³-hybridized carbons (Fsp3) is 0.615. The summed E-state index contributed by atoms with van der Waals surface area (Å²) >= 11 is 2.01. The Hall–Kier alpha value is -0.500. The van der Waals surface area contributed by atoms with Crippen molar-refractivity contribution in [3.8, 4) is 0 Å². The molecule has 1 aromatic rings. The van der Waals surface area contributed by atoms with Crippen molar-refractivity contribution in [2.24, 2.45) is 0 Å². The third-order valence-electron chi connectivity index (χ3n) is 3.49. The van der Waals surface area contributed by atoms with Crippen molar-refractivity contribution in [1.82, 2.24) is 4.98 Å². The molecule has 1 fully saturated rings. The minimum Gasteiger partial charge on any atom is -0.246 e. The average molecular weight is 219 g/mol. The molecule has 3 rings (SSSR count). The third-order valence-corrected chi connectivity index (χ3v) is 4.77. The summed E-state index contributed by atoms with van der Waals surface area (Å²) in [6.45, 7) is 0. The molecule has 0 amide bonds. The average Bonchev–Trinajstić information content (AvgIpc) is 2.87. The largest absolute Gasteiger partial charge is 0.246 e. The summed E-state index contributed by atoms with van der Waals surface area (Å²) in [5.41, 5.74) is 2.86. The van der Waals surface area contributed by atoms with Gasteiger partial charge in [0.2, 0.25) is 0 Å². The van der Waals surface area contributed by atoms with Crippen LogP contribution in [0, 0.1) is 0 Å². The number of fused-ring (bicyclic) bond motifs is 1. The molecule has 0 saturated heterocycles. The van der Waals surface area contributed by atoms with E-state index in [-0.39, 0.29) is 0 Å². The van der Waals surface area contributed by atoms with Crippen molar-refractivity contribution in [2.45, 2.75) is 55.2 Å². The molecule has 0 N–H and O–H groups in total. The molecular weight excluding hydrogens is 202 g/mol. The van der Waals surface area contributed by atoms with E-state index in [1.165, 1.54) is 61.2 Å². The maximum atomic E-state index is 4.78. The predicted octanol–water partition coefficient (Wildman–Crippen LogP) is 3.61. The highest BCUT2D eigenvalue weighted by Gasteiger charge is 2.18. The lowest BCUT2D eigenvalue weighted by Crippen LogP contribution is -1.96. The van der Waals surface area contributed by atoms with Gasteiger partial charge in [-0.3, -0.25) is 0 Å². The van der Waals surface area contributed by atoms with Crippen LogP contribution in [0.5, 0.6) is 0 Å². The minimum atomic E-state index is 0.844. The Morgan fingerprint density at radius 2 is 1.93 bits per heavy atom. The zero-order chi connectivity index (χ0) is 10.1. The molecule has 1 heterocycles. The Morgan fingerprint density at radius 3 is 2.80 bits per heavy atom. The van der Waals surface area contributed by atoms with E-state index in [0.29, 0.717) is 0 Å². The summed E-state index contributed by atoms with van der Waals surface area (Å²) in [6.07, 6.45) is 9.38. The second-order valence-electron chi connectivity index (χ2n) is 4.63. The predicted molar refractivity (Wildman–Crippen MR) is 64.4 cm³/mol.